The molecule has 0 spiro atoms. The Hall–Kier alpha value is -0.0400. The predicted molar refractivity (Wildman–Crippen MR) is 49.8 cm³/mol. The van der Waals surface area contributed by atoms with Gasteiger partial charge in [-0.3, -0.25) is 0 Å². The average Bonchev–Trinajstić information content (AvgIpc) is 2.31. The lowest BCUT2D eigenvalue weighted by molar-refractivity contribution is -0.0537. The monoisotopic (exact) mass is 168 g/mol. The third-order valence-electron chi connectivity index (χ3n) is 4.83. The first-order valence-electron chi connectivity index (χ1n) is 5.08. The molecule has 12 heavy (non-hydrogen) atoms. The molecule has 1 heteroatoms. The van der Waals surface area contributed by atoms with Gasteiger partial charge in [0.15, 0.2) is 0 Å². The van der Waals surface area contributed by atoms with E-state index in [-0.39, 0.29) is 5.60 Å². The van der Waals surface area contributed by atoms with Crippen molar-refractivity contribution in [3.05, 3.63) is 0 Å². The van der Waals surface area contributed by atoms with Crippen molar-refractivity contribution in [2.45, 2.75) is 46.1 Å². The van der Waals surface area contributed by atoms with Gasteiger partial charge in [-0.25, -0.2) is 0 Å². The highest BCUT2D eigenvalue weighted by Crippen LogP contribution is 2.62. The molecule has 0 saturated heterocycles. The topological polar surface area (TPSA) is 20.2 Å². The first-order chi connectivity index (χ1) is 5.36. The molecular weight excluding hydrogens is 148 g/mol. The summed E-state index contributed by atoms with van der Waals surface area (Å²) < 4.78 is 0. The molecule has 0 aromatic rings. The number of aliphatic hydroxyl groups is 1. The van der Waals surface area contributed by atoms with Crippen LogP contribution in [0.3, 0.4) is 0 Å². The van der Waals surface area contributed by atoms with E-state index in [1.165, 1.54) is 6.42 Å². The van der Waals surface area contributed by atoms with Crippen molar-refractivity contribution in [2.75, 3.05) is 0 Å². The molecule has 70 valence electrons. The highest BCUT2D eigenvalue weighted by molar-refractivity contribution is 5.09. The fourth-order valence-electron chi connectivity index (χ4n) is 3.49. The molecule has 0 aliphatic heterocycles. The largest absolute Gasteiger partial charge is 0.390 e. The van der Waals surface area contributed by atoms with Gasteiger partial charge in [-0.05, 0) is 42.9 Å². The van der Waals surface area contributed by atoms with Crippen LogP contribution in [-0.4, -0.2) is 10.7 Å². The minimum atomic E-state index is -0.362. The number of hydrogen-bond donors (Lipinski definition) is 1. The Bertz CT molecular complexity index is 201. The summed E-state index contributed by atoms with van der Waals surface area (Å²) in [5, 5.41) is 10.1. The van der Waals surface area contributed by atoms with Crippen LogP contribution in [0.1, 0.15) is 40.5 Å². The van der Waals surface area contributed by atoms with Gasteiger partial charge >= 0.3 is 0 Å². The van der Waals surface area contributed by atoms with Crippen molar-refractivity contribution >= 4 is 0 Å². The lowest BCUT2D eigenvalue weighted by Gasteiger charge is -2.43. The molecule has 2 aliphatic carbocycles. The summed E-state index contributed by atoms with van der Waals surface area (Å²) in [7, 11) is 0. The van der Waals surface area contributed by atoms with Crippen LogP contribution in [0.2, 0.25) is 0 Å². The van der Waals surface area contributed by atoms with Crippen LogP contribution in [0.15, 0.2) is 0 Å². The molecule has 2 saturated carbocycles. The summed E-state index contributed by atoms with van der Waals surface area (Å²) in [6, 6.07) is 0. The molecule has 0 unspecified atom stereocenters. The first kappa shape index (κ1) is 8.55. The molecule has 0 radical (unpaired) electrons. The Labute approximate surface area is 75.2 Å². The Kier molecular flexibility index (Phi) is 1.47. The third kappa shape index (κ3) is 0.834. The van der Waals surface area contributed by atoms with Gasteiger partial charge in [0, 0.05) is 0 Å². The van der Waals surface area contributed by atoms with E-state index < -0.39 is 0 Å². The Balaban J connectivity index is 2.30. The summed E-state index contributed by atoms with van der Waals surface area (Å²) in [5.41, 5.74) is 0.104. The van der Waals surface area contributed by atoms with E-state index in [0.717, 1.165) is 12.3 Å². The predicted octanol–water partition coefficient (Wildman–Crippen LogP) is 2.44. The lowest BCUT2D eigenvalue weighted by Crippen LogP contribution is -2.42. The number of rotatable bonds is 0. The van der Waals surface area contributed by atoms with E-state index in [1.54, 1.807) is 0 Å². The van der Waals surface area contributed by atoms with Gasteiger partial charge in [0.05, 0.1) is 5.60 Å². The summed E-state index contributed by atoms with van der Waals surface area (Å²) in [5.74, 6) is 2.00. The lowest BCUT2D eigenvalue weighted by atomic mass is 9.65. The quantitative estimate of drug-likeness (QED) is 0.589. The SMILES string of the molecule is C[C@H]1[C@H]2C[C@H](C[C@]2(C)O)C1(C)C. The molecule has 4 atom stereocenters. The third-order valence-corrected chi connectivity index (χ3v) is 4.83. The fourth-order valence-corrected chi connectivity index (χ4v) is 3.49. The van der Waals surface area contributed by atoms with Gasteiger partial charge in [-0.15, -0.1) is 0 Å². The zero-order chi connectivity index (χ0) is 9.15. The van der Waals surface area contributed by atoms with E-state index in [0.29, 0.717) is 17.3 Å². The van der Waals surface area contributed by atoms with Gasteiger partial charge in [-0.2, -0.15) is 0 Å². The van der Waals surface area contributed by atoms with Crippen LogP contribution in [0.25, 0.3) is 0 Å². The summed E-state index contributed by atoms with van der Waals surface area (Å²) >= 11 is 0. The molecule has 1 N–H and O–H groups in total. The second-order valence-electron chi connectivity index (χ2n) is 5.71. The van der Waals surface area contributed by atoms with Gasteiger partial charge in [0.25, 0.3) is 0 Å². The summed E-state index contributed by atoms with van der Waals surface area (Å²) in [4.78, 5) is 0. The summed E-state index contributed by atoms with van der Waals surface area (Å²) in [6.45, 7) is 9.04. The molecule has 0 aromatic heterocycles. The smallest absolute Gasteiger partial charge is 0.0653 e. The Morgan fingerprint density at radius 2 is 1.83 bits per heavy atom. The molecular formula is C11H20O. The zero-order valence-corrected chi connectivity index (χ0v) is 8.59. The molecule has 1 nitrogen and oxygen atoms in total. The molecule has 0 heterocycles. The normalized spacial score (nSPS) is 56.2. The van der Waals surface area contributed by atoms with E-state index in [2.05, 4.69) is 20.8 Å². The van der Waals surface area contributed by atoms with Gasteiger partial charge < -0.3 is 5.11 Å². The Morgan fingerprint density at radius 3 is 2.17 bits per heavy atom. The van der Waals surface area contributed by atoms with Crippen molar-refractivity contribution in [3.8, 4) is 0 Å². The number of fused-ring (bicyclic) bond motifs is 2. The standard InChI is InChI=1S/C11H20O/c1-7-9-5-8(10(7,2)3)6-11(9,4)12/h7-9,12H,5-6H2,1-4H3/t7-,8+,9+,11-/m0/s1. The van der Waals surface area contributed by atoms with Crippen molar-refractivity contribution in [1.82, 2.24) is 0 Å². The highest BCUT2D eigenvalue weighted by atomic mass is 16.3. The van der Waals surface area contributed by atoms with Gasteiger partial charge in [0.2, 0.25) is 0 Å². The molecule has 2 fully saturated rings. The molecule has 0 amide bonds. The minimum Gasteiger partial charge on any atom is -0.390 e. The molecule has 2 aliphatic rings. The van der Waals surface area contributed by atoms with Crippen molar-refractivity contribution in [3.63, 3.8) is 0 Å². The van der Waals surface area contributed by atoms with Crippen LogP contribution < -0.4 is 0 Å². The van der Waals surface area contributed by atoms with Crippen LogP contribution in [-0.2, 0) is 0 Å². The summed E-state index contributed by atoms with van der Waals surface area (Å²) in [6.07, 6.45) is 2.27. The van der Waals surface area contributed by atoms with Gasteiger partial charge in [0.1, 0.15) is 0 Å². The minimum absolute atomic E-state index is 0.362. The fraction of sp³-hybridized carbons (Fsp3) is 1.00. The Morgan fingerprint density at radius 1 is 1.25 bits per heavy atom. The van der Waals surface area contributed by atoms with E-state index in [9.17, 15) is 5.11 Å². The molecule has 2 rings (SSSR count). The second-order valence-corrected chi connectivity index (χ2v) is 5.71. The van der Waals surface area contributed by atoms with Crippen LogP contribution in [0.5, 0.6) is 0 Å². The van der Waals surface area contributed by atoms with Gasteiger partial charge in [-0.1, -0.05) is 20.8 Å². The van der Waals surface area contributed by atoms with Crippen LogP contribution in [0, 0.1) is 23.2 Å². The van der Waals surface area contributed by atoms with Crippen molar-refractivity contribution in [2.24, 2.45) is 23.2 Å². The van der Waals surface area contributed by atoms with E-state index >= 15 is 0 Å². The van der Waals surface area contributed by atoms with Crippen LogP contribution >= 0.6 is 0 Å². The van der Waals surface area contributed by atoms with E-state index in [4.69, 9.17) is 0 Å². The maximum atomic E-state index is 10.1. The second kappa shape index (κ2) is 2.06. The first-order valence-corrected chi connectivity index (χ1v) is 5.08. The van der Waals surface area contributed by atoms with E-state index in [1.807, 2.05) is 6.92 Å². The maximum absolute atomic E-state index is 10.1. The molecule has 0 aromatic carbocycles. The van der Waals surface area contributed by atoms with Crippen molar-refractivity contribution < 1.29 is 5.11 Å². The molecule has 2 bridgehead atoms. The number of hydrogen-bond acceptors (Lipinski definition) is 1. The van der Waals surface area contributed by atoms with Crippen LogP contribution in [0.4, 0.5) is 0 Å². The highest BCUT2D eigenvalue weighted by Gasteiger charge is 2.59. The average molecular weight is 168 g/mol. The van der Waals surface area contributed by atoms with Crippen molar-refractivity contribution in [1.29, 1.82) is 0 Å². The maximum Gasteiger partial charge on any atom is 0.0653 e. The zero-order valence-electron chi connectivity index (χ0n) is 8.59.